The number of urea groups is 1. The maximum absolute atomic E-state index is 14.3. The van der Waals surface area contributed by atoms with Crippen LogP contribution in [-0.4, -0.2) is 89.5 Å². The second-order valence-corrected chi connectivity index (χ2v) is 15.9. The molecule has 0 spiro atoms. The first kappa shape index (κ1) is 36.0. The van der Waals surface area contributed by atoms with E-state index in [1.807, 2.05) is 55.4 Å². The van der Waals surface area contributed by atoms with Crippen molar-refractivity contribution >= 4 is 35.4 Å². The highest BCUT2D eigenvalue weighted by atomic mass is 16.2. The minimum atomic E-state index is -1.10. The van der Waals surface area contributed by atoms with E-state index in [9.17, 15) is 28.8 Å². The molecule has 2 aliphatic carbocycles. The number of amides is 6. The van der Waals surface area contributed by atoms with Crippen LogP contribution in [0.5, 0.6) is 0 Å². The second-order valence-electron chi connectivity index (χ2n) is 15.9. The van der Waals surface area contributed by atoms with Crippen molar-refractivity contribution in [2.45, 2.75) is 105 Å². The fraction of sp³-hybridized carbons (Fsp3) is 0.758. The topological polar surface area (TPSA) is 171 Å². The van der Waals surface area contributed by atoms with Gasteiger partial charge in [-0.25, -0.2) is 4.79 Å². The van der Waals surface area contributed by atoms with Crippen molar-refractivity contribution in [3.8, 4) is 0 Å². The number of nitrogens with two attached hydrogens (primary N) is 1. The number of fused-ring (bicyclic) bond motifs is 1. The number of piperidine rings is 1. The van der Waals surface area contributed by atoms with E-state index in [0.29, 0.717) is 19.5 Å². The largest absolute Gasteiger partial charge is 0.363 e. The Bertz CT molecular complexity index is 1210. The number of hydrogen-bond acceptors (Lipinski definition) is 6. The number of carbonyl (C=O) groups is 6. The molecule has 12 nitrogen and oxygen atoms in total. The van der Waals surface area contributed by atoms with Crippen LogP contribution in [0.2, 0.25) is 0 Å². The van der Waals surface area contributed by atoms with Crippen molar-refractivity contribution in [1.82, 2.24) is 25.8 Å². The summed E-state index contributed by atoms with van der Waals surface area (Å²) < 4.78 is 0. The van der Waals surface area contributed by atoms with Crippen molar-refractivity contribution in [2.24, 2.45) is 39.7 Å². The summed E-state index contributed by atoms with van der Waals surface area (Å²) in [6.07, 6.45) is 4.78. The SMILES string of the molecule is C=CCN(C)C(=O)[C@@H](NC(=O)N[C@H](C(=O)N1C[C@H]2[C@@H]([C@H]1C(=O)NC(CC1CCC1)C(=O)C(N)=O)C2(C)C)C(C)(C)C)C(C)(C)C. The first-order valence-electron chi connectivity index (χ1n) is 16.0. The van der Waals surface area contributed by atoms with Crippen LogP contribution in [0.4, 0.5) is 4.79 Å². The Labute approximate surface area is 267 Å². The van der Waals surface area contributed by atoms with Gasteiger partial charge in [-0.3, -0.25) is 24.0 Å². The van der Waals surface area contributed by atoms with Gasteiger partial charge in [0.1, 0.15) is 18.1 Å². The van der Waals surface area contributed by atoms with E-state index in [-0.39, 0.29) is 29.1 Å². The summed E-state index contributed by atoms with van der Waals surface area (Å²) in [4.78, 5) is 82.3. The van der Waals surface area contributed by atoms with Crippen LogP contribution in [0.1, 0.15) is 81.1 Å². The normalized spacial score (nSPS) is 24.2. The molecule has 45 heavy (non-hydrogen) atoms. The molecule has 0 aromatic heterocycles. The molecular formula is C33H54N6O6. The maximum atomic E-state index is 14.3. The van der Waals surface area contributed by atoms with Crippen LogP contribution >= 0.6 is 0 Å². The molecule has 0 aromatic carbocycles. The molecular weight excluding hydrogens is 576 g/mol. The summed E-state index contributed by atoms with van der Waals surface area (Å²) in [6, 6.07) is -4.53. The van der Waals surface area contributed by atoms with E-state index in [2.05, 4.69) is 22.5 Å². The molecule has 5 N–H and O–H groups in total. The molecule has 12 heteroatoms. The minimum Gasteiger partial charge on any atom is -0.363 e. The number of ketones is 1. The standard InChI is InChI=1S/C33H54N6O6/c1-11-15-38(10)28(43)24(31(2,3)4)36-30(45)37-25(32(5,6)7)29(44)39-17-19-21(33(19,8)9)22(39)27(42)35-20(23(40)26(34)41)16-18-13-12-14-18/h11,18-22,24-25H,1,12-17H2,2-10H3,(H2,34,41)(H,35,42)(H2,36,37,45)/t19-,20?,21-,22-,24+,25+/m0/s1. The molecule has 252 valence electrons. The monoisotopic (exact) mass is 630 g/mol. The number of nitrogens with one attached hydrogen (secondary N) is 3. The molecule has 6 amide bonds. The lowest BCUT2D eigenvalue weighted by Gasteiger charge is -2.39. The number of carbonyl (C=O) groups excluding carboxylic acids is 6. The highest BCUT2D eigenvalue weighted by Crippen LogP contribution is 2.65. The Balaban J connectivity index is 1.84. The zero-order chi connectivity index (χ0) is 34.2. The van der Waals surface area contributed by atoms with Crippen molar-refractivity contribution in [1.29, 1.82) is 0 Å². The van der Waals surface area contributed by atoms with E-state index in [4.69, 9.17) is 5.73 Å². The maximum Gasteiger partial charge on any atom is 0.316 e. The molecule has 2 saturated carbocycles. The highest BCUT2D eigenvalue weighted by Gasteiger charge is 2.70. The smallest absolute Gasteiger partial charge is 0.316 e. The van der Waals surface area contributed by atoms with Gasteiger partial charge in [0.15, 0.2) is 0 Å². The van der Waals surface area contributed by atoms with E-state index in [1.54, 1.807) is 13.1 Å². The van der Waals surface area contributed by atoms with Crippen LogP contribution < -0.4 is 21.7 Å². The second kappa shape index (κ2) is 13.1. The Morgan fingerprint density at radius 2 is 1.53 bits per heavy atom. The van der Waals surface area contributed by atoms with E-state index in [0.717, 1.165) is 19.3 Å². The summed E-state index contributed by atoms with van der Waals surface area (Å²) in [5.41, 5.74) is 3.74. The van der Waals surface area contributed by atoms with Gasteiger partial charge in [0, 0.05) is 20.1 Å². The number of rotatable bonds is 12. The third-order valence-electron chi connectivity index (χ3n) is 9.99. The van der Waals surface area contributed by atoms with E-state index < -0.39 is 64.5 Å². The molecule has 3 aliphatic rings. The Morgan fingerprint density at radius 3 is 2.00 bits per heavy atom. The molecule has 3 rings (SSSR count). The molecule has 1 heterocycles. The van der Waals surface area contributed by atoms with Gasteiger partial charge >= 0.3 is 6.03 Å². The van der Waals surface area contributed by atoms with Gasteiger partial charge in [-0.1, -0.05) is 80.7 Å². The van der Waals surface area contributed by atoms with Gasteiger partial charge in [0.25, 0.3) is 5.91 Å². The van der Waals surface area contributed by atoms with E-state index in [1.165, 1.54) is 9.80 Å². The lowest BCUT2D eigenvalue weighted by atomic mass is 9.80. The number of likely N-dealkylation sites (tertiary alicyclic amines) is 1. The zero-order valence-corrected chi connectivity index (χ0v) is 28.5. The average molecular weight is 631 g/mol. The molecule has 3 fully saturated rings. The molecule has 6 atom stereocenters. The highest BCUT2D eigenvalue weighted by molar-refractivity contribution is 6.37. The van der Waals surface area contributed by atoms with Crippen molar-refractivity contribution < 1.29 is 28.8 Å². The number of primary amides is 1. The van der Waals surface area contributed by atoms with Gasteiger partial charge in [0.05, 0.1) is 6.04 Å². The third kappa shape index (κ3) is 7.87. The van der Waals surface area contributed by atoms with Crippen LogP contribution in [0.25, 0.3) is 0 Å². The van der Waals surface area contributed by atoms with Crippen molar-refractivity contribution in [2.75, 3.05) is 20.1 Å². The fourth-order valence-corrected chi connectivity index (χ4v) is 6.81. The molecule has 1 unspecified atom stereocenters. The minimum absolute atomic E-state index is 0.0619. The summed E-state index contributed by atoms with van der Waals surface area (Å²) in [6.45, 7) is 19.4. The summed E-state index contributed by atoms with van der Waals surface area (Å²) in [7, 11) is 1.63. The third-order valence-corrected chi connectivity index (χ3v) is 9.99. The van der Waals surface area contributed by atoms with Crippen molar-refractivity contribution in [3.05, 3.63) is 12.7 Å². The quantitative estimate of drug-likeness (QED) is 0.190. The molecule has 1 aliphatic heterocycles. The molecule has 0 radical (unpaired) electrons. The van der Waals surface area contributed by atoms with Crippen LogP contribution in [0.3, 0.4) is 0 Å². The summed E-state index contributed by atoms with van der Waals surface area (Å²) in [5.74, 6) is -3.03. The average Bonchev–Trinajstić information content (AvgIpc) is 3.20. The lowest BCUT2D eigenvalue weighted by molar-refractivity contribution is -0.145. The van der Waals surface area contributed by atoms with Gasteiger partial charge in [0.2, 0.25) is 23.5 Å². The molecule has 0 aromatic rings. The Morgan fingerprint density at radius 1 is 0.978 bits per heavy atom. The van der Waals surface area contributed by atoms with Crippen molar-refractivity contribution in [3.63, 3.8) is 0 Å². The van der Waals surface area contributed by atoms with Crippen LogP contribution in [-0.2, 0) is 24.0 Å². The zero-order valence-electron chi connectivity index (χ0n) is 28.5. The molecule has 0 bridgehead atoms. The van der Waals surface area contributed by atoms with Gasteiger partial charge in [-0.2, -0.15) is 0 Å². The van der Waals surface area contributed by atoms with Gasteiger partial charge in [-0.15, -0.1) is 6.58 Å². The summed E-state index contributed by atoms with van der Waals surface area (Å²) >= 11 is 0. The summed E-state index contributed by atoms with van der Waals surface area (Å²) in [5, 5.41) is 8.37. The van der Waals surface area contributed by atoms with Gasteiger partial charge in [-0.05, 0) is 40.4 Å². The predicted octanol–water partition coefficient (Wildman–Crippen LogP) is 1.97. The van der Waals surface area contributed by atoms with Crippen LogP contribution in [0, 0.1) is 34.0 Å². The number of Topliss-reactive ketones (excluding diaryl/α,β-unsaturated/α-hetero) is 1. The number of nitrogens with zero attached hydrogens (tertiary/aromatic N) is 2. The Hall–Kier alpha value is -3.44. The Kier molecular flexibility index (Phi) is 10.5. The fourth-order valence-electron chi connectivity index (χ4n) is 6.81. The number of hydrogen-bond donors (Lipinski definition) is 4. The van der Waals surface area contributed by atoms with Crippen LogP contribution in [0.15, 0.2) is 12.7 Å². The molecule has 1 saturated heterocycles. The van der Waals surface area contributed by atoms with E-state index >= 15 is 0 Å². The predicted molar refractivity (Wildman–Crippen MR) is 170 cm³/mol. The first-order valence-corrected chi connectivity index (χ1v) is 16.0. The first-order chi connectivity index (χ1) is 20.6. The van der Waals surface area contributed by atoms with Gasteiger partial charge < -0.3 is 31.5 Å². The lowest BCUT2D eigenvalue weighted by Crippen LogP contribution is -2.63. The number of likely N-dealkylation sites (N-methyl/N-ethyl adjacent to an activating group) is 1.